The van der Waals surface area contributed by atoms with Crippen LogP contribution in [0.4, 0.5) is 10.2 Å². The standard InChI is InChI=1S/C18H15FN4O/c19-12-3-1-11(2-4-12)13-5-6-14(13)18(24)23-17-16-15(7-8-22-17)20-9-10-21-16/h1-4,7-10,13-14H,5-6H2,(H,22,23,24). The van der Waals surface area contributed by atoms with Gasteiger partial charge in [-0.3, -0.25) is 9.78 Å². The Balaban J connectivity index is 1.54. The molecule has 1 saturated carbocycles. The number of amides is 1. The van der Waals surface area contributed by atoms with Crippen LogP contribution in [-0.4, -0.2) is 20.9 Å². The van der Waals surface area contributed by atoms with Crippen LogP contribution in [-0.2, 0) is 4.79 Å². The number of pyridine rings is 1. The van der Waals surface area contributed by atoms with Crippen molar-refractivity contribution in [3.8, 4) is 0 Å². The highest BCUT2D eigenvalue weighted by Gasteiger charge is 2.37. The summed E-state index contributed by atoms with van der Waals surface area (Å²) in [5, 5.41) is 2.87. The lowest BCUT2D eigenvalue weighted by Crippen LogP contribution is -2.35. The summed E-state index contributed by atoms with van der Waals surface area (Å²) in [5.41, 5.74) is 2.26. The summed E-state index contributed by atoms with van der Waals surface area (Å²) in [5.74, 6) is 0.0602. The maximum atomic E-state index is 13.1. The van der Waals surface area contributed by atoms with Crippen molar-refractivity contribution in [3.05, 3.63) is 60.3 Å². The molecule has 5 nitrogen and oxygen atoms in total. The van der Waals surface area contributed by atoms with Crippen molar-refractivity contribution in [1.29, 1.82) is 0 Å². The molecule has 24 heavy (non-hydrogen) atoms. The third-order valence-corrected chi connectivity index (χ3v) is 4.54. The number of hydrogen-bond donors (Lipinski definition) is 1. The van der Waals surface area contributed by atoms with Gasteiger partial charge in [-0.15, -0.1) is 0 Å². The fraction of sp³-hybridized carbons (Fsp3) is 0.222. The van der Waals surface area contributed by atoms with Gasteiger partial charge < -0.3 is 5.32 Å². The summed E-state index contributed by atoms with van der Waals surface area (Å²) < 4.78 is 13.1. The van der Waals surface area contributed by atoms with Crippen molar-refractivity contribution in [1.82, 2.24) is 15.0 Å². The van der Waals surface area contributed by atoms with E-state index in [0.717, 1.165) is 18.4 Å². The molecule has 3 aromatic rings. The SMILES string of the molecule is O=C(Nc1nccc2nccnc12)C1CCC1c1ccc(F)cc1. The van der Waals surface area contributed by atoms with Gasteiger partial charge in [0.1, 0.15) is 11.3 Å². The summed E-state index contributed by atoms with van der Waals surface area (Å²) in [6.45, 7) is 0. The van der Waals surface area contributed by atoms with Gasteiger partial charge in [0.25, 0.3) is 0 Å². The van der Waals surface area contributed by atoms with E-state index in [1.807, 2.05) is 0 Å². The average molecular weight is 322 g/mol. The van der Waals surface area contributed by atoms with Crippen LogP contribution in [0.1, 0.15) is 24.3 Å². The number of halogens is 1. The zero-order chi connectivity index (χ0) is 16.5. The summed E-state index contributed by atoms with van der Waals surface area (Å²) in [6, 6.07) is 8.12. The van der Waals surface area contributed by atoms with E-state index in [-0.39, 0.29) is 23.6 Å². The van der Waals surface area contributed by atoms with Crippen LogP contribution >= 0.6 is 0 Å². The number of hydrogen-bond acceptors (Lipinski definition) is 4. The molecule has 4 rings (SSSR count). The molecule has 2 heterocycles. The number of carbonyl (C=O) groups excluding carboxylic acids is 1. The van der Waals surface area contributed by atoms with Gasteiger partial charge in [-0.05, 0) is 42.5 Å². The number of anilines is 1. The van der Waals surface area contributed by atoms with Crippen LogP contribution in [0.5, 0.6) is 0 Å². The minimum Gasteiger partial charge on any atom is -0.309 e. The van der Waals surface area contributed by atoms with Gasteiger partial charge in [-0.1, -0.05) is 12.1 Å². The van der Waals surface area contributed by atoms with Crippen molar-refractivity contribution >= 4 is 22.8 Å². The molecule has 1 amide bonds. The molecule has 0 aliphatic heterocycles. The Morgan fingerprint density at radius 2 is 1.79 bits per heavy atom. The van der Waals surface area contributed by atoms with Gasteiger partial charge in [0, 0.05) is 24.5 Å². The Bertz CT molecular complexity index is 892. The van der Waals surface area contributed by atoms with Crippen molar-refractivity contribution in [2.75, 3.05) is 5.32 Å². The van der Waals surface area contributed by atoms with E-state index in [1.54, 1.807) is 36.8 Å². The number of nitrogens with zero attached hydrogens (tertiary/aromatic N) is 3. The molecule has 1 N–H and O–H groups in total. The highest BCUT2D eigenvalue weighted by Crippen LogP contribution is 2.43. The Hall–Kier alpha value is -2.89. The fourth-order valence-electron chi connectivity index (χ4n) is 3.12. The molecule has 1 aromatic carbocycles. The predicted octanol–water partition coefficient (Wildman–Crippen LogP) is 3.30. The molecule has 0 spiro atoms. The smallest absolute Gasteiger partial charge is 0.229 e. The Kier molecular flexibility index (Phi) is 3.65. The highest BCUT2D eigenvalue weighted by molar-refractivity contribution is 5.99. The maximum absolute atomic E-state index is 13.1. The van der Waals surface area contributed by atoms with E-state index in [2.05, 4.69) is 20.3 Å². The van der Waals surface area contributed by atoms with Gasteiger partial charge in [0.2, 0.25) is 5.91 Å². The van der Waals surface area contributed by atoms with Crippen LogP contribution in [0, 0.1) is 11.7 Å². The van der Waals surface area contributed by atoms with Crippen molar-refractivity contribution in [2.45, 2.75) is 18.8 Å². The van der Waals surface area contributed by atoms with E-state index in [1.165, 1.54) is 12.1 Å². The lowest BCUT2D eigenvalue weighted by atomic mass is 9.69. The molecule has 0 saturated heterocycles. The molecule has 2 atom stereocenters. The van der Waals surface area contributed by atoms with Crippen LogP contribution in [0.25, 0.3) is 11.0 Å². The number of carbonyl (C=O) groups is 1. The second kappa shape index (κ2) is 5.96. The van der Waals surface area contributed by atoms with E-state index >= 15 is 0 Å². The summed E-state index contributed by atoms with van der Waals surface area (Å²) in [4.78, 5) is 25.3. The quantitative estimate of drug-likeness (QED) is 0.803. The number of fused-ring (bicyclic) bond motifs is 1. The second-order valence-corrected chi connectivity index (χ2v) is 5.91. The normalized spacial score (nSPS) is 19.7. The van der Waals surface area contributed by atoms with Crippen molar-refractivity contribution < 1.29 is 9.18 Å². The third-order valence-electron chi connectivity index (χ3n) is 4.54. The van der Waals surface area contributed by atoms with Crippen LogP contribution in [0.2, 0.25) is 0 Å². The molecule has 120 valence electrons. The lowest BCUT2D eigenvalue weighted by molar-refractivity contribution is -0.123. The number of rotatable bonds is 3. The minimum absolute atomic E-state index is 0.0822. The monoisotopic (exact) mass is 322 g/mol. The third kappa shape index (κ3) is 2.60. The lowest BCUT2D eigenvalue weighted by Gasteiger charge is -2.35. The van der Waals surface area contributed by atoms with E-state index in [9.17, 15) is 9.18 Å². The van der Waals surface area contributed by atoms with Gasteiger partial charge >= 0.3 is 0 Å². The first-order valence-electron chi connectivity index (χ1n) is 7.84. The summed E-state index contributed by atoms with van der Waals surface area (Å²) >= 11 is 0. The molecule has 0 bridgehead atoms. The largest absolute Gasteiger partial charge is 0.309 e. The highest BCUT2D eigenvalue weighted by atomic mass is 19.1. The molecule has 2 unspecified atom stereocenters. The van der Waals surface area contributed by atoms with Gasteiger partial charge in [-0.2, -0.15) is 0 Å². The van der Waals surface area contributed by atoms with E-state index < -0.39 is 0 Å². The van der Waals surface area contributed by atoms with E-state index in [0.29, 0.717) is 16.9 Å². The zero-order valence-electron chi connectivity index (χ0n) is 12.8. The van der Waals surface area contributed by atoms with Crippen molar-refractivity contribution in [2.24, 2.45) is 5.92 Å². The van der Waals surface area contributed by atoms with Gasteiger partial charge in [-0.25, -0.2) is 14.4 Å². The maximum Gasteiger partial charge on any atom is 0.229 e. The number of nitrogens with one attached hydrogen (secondary N) is 1. The summed E-state index contributed by atoms with van der Waals surface area (Å²) in [6.07, 6.45) is 6.51. The molecule has 0 radical (unpaired) electrons. The molecular weight excluding hydrogens is 307 g/mol. The van der Waals surface area contributed by atoms with Crippen LogP contribution < -0.4 is 5.32 Å². The molecule has 1 fully saturated rings. The average Bonchev–Trinajstić information content (AvgIpc) is 2.56. The van der Waals surface area contributed by atoms with Crippen LogP contribution in [0.3, 0.4) is 0 Å². The molecule has 1 aliphatic carbocycles. The first kappa shape index (κ1) is 14.7. The Morgan fingerprint density at radius 3 is 2.54 bits per heavy atom. The fourth-order valence-corrected chi connectivity index (χ4v) is 3.12. The Morgan fingerprint density at radius 1 is 1.00 bits per heavy atom. The van der Waals surface area contributed by atoms with Crippen LogP contribution in [0.15, 0.2) is 48.9 Å². The molecule has 1 aliphatic rings. The first-order valence-corrected chi connectivity index (χ1v) is 7.84. The summed E-state index contributed by atoms with van der Waals surface area (Å²) in [7, 11) is 0. The van der Waals surface area contributed by atoms with Gasteiger partial charge in [0.15, 0.2) is 5.82 Å². The van der Waals surface area contributed by atoms with Gasteiger partial charge in [0.05, 0.1) is 5.52 Å². The molecule has 2 aromatic heterocycles. The topological polar surface area (TPSA) is 67.8 Å². The Labute approximate surface area is 138 Å². The molecular formula is C18H15FN4O. The predicted molar refractivity (Wildman–Crippen MR) is 87.8 cm³/mol. The zero-order valence-corrected chi connectivity index (χ0v) is 12.8. The molecule has 6 heteroatoms. The van der Waals surface area contributed by atoms with E-state index in [4.69, 9.17) is 0 Å². The first-order chi connectivity index (χ1) is 11.7. The minimum atomic E-state index is -0.266. The second-order valence-electron chi connectivity index (χ2n) is 5.91. The number of benzene rings is 1. The van der Waals surface area contributed by atoms with Crippen molar-refractivity contribution in [3.63, 3.8) is 0 Å². The number of aromatic nitrogens is 3.